The molecule has 142 valence electrons. The van der Waals surface area contributed by atoms with Gasteiger partial charge in [-0.05, 0) is 48.2 Å². The summed E-state index contributed by atoms with van der Waals surface area (Å²) >= 11 is 0. The minimum Gasteiger partial charge on any atom is -0.327 e. The molecule has 2 heterocycles. The number of hydrogen-bond donors (Lipinski definition) is 0. The van der Waals surface area contributed by atoms with Crippen LogP contribution in [-0.2, 0) is 6.42 Å². The third-order valence-corrected chi connectivity index (χ3v) is 5.05. The number of aromatic nitrogens is 1. The van der Waals surface area contributed by atoms with Crippen molar-refractivity contribution in [2.45, 2.75) is 19.4 Å². The fourth-order valence-corrected chi connectivity index (χ4v) is 3.72. The highest BCUT2D eigenvalue weighted by Gasteiger charge is 2.34. The maximum Gasteiger partial charge on any atom is 0.257 e. The van der Waals surface area contributed by atoms with Crippen LogP contribution >= 0.6 is 0 Å². The first-order valence-corrected chi connectivity index (χ1v) is 8.91. The number of fused-ring (bicyclic) bond motifs is 1. The van der Waals surface area contributed by atoms with Crippen LogP contribution in [0.25, 0.3) is 0 Å². The van der Waals surface area contributed by atoms with Crippen LogP contribution in [0.5, 0.6) is 0 Å². The Morgan fingerprint density at radius 1 is 1.11 bits per heavy atom. The second-order valence-electron chi connectivity index (χ2n) is 6.86. The molecule has 3 aromatic rings. The second-order valence-corrected chi connectivity index (χ2v) is 6.86. The van der Waals surface area contributed by atoms with Crippen molar-refractivity contribution >= 4 is 5.91 Å². The molecule has 6 heteroatoms. The lowest BCUT2D eigenvalue weighted by molar-refractivity contribution is 0.0688. The van der Waals surface area contributed by atoms with E-state index in [1.165, 1.54) is 4.90 Å². The summed E-state index contributed by atoms with van der Waals surface area (Å²) < 4.78 is 41.3. The van der Waals surface area contributed by atoms with Crippen LogP contribution in [0.2, 0.25) is 0 Å². The lowest BCUT2D eigenvalue weighted by Gasteiger charge is -2.38. The monoisotopic (exact) mass is 382 g/mol. The summed E-state index contributed by atoms with van der Waals surface area (Å²) in [6.45, 7) is 2.32. The second kappa shape index (κ2) is 7.11. The van der Waals surface area contributed by atoms with Gasteiger partial charge in [-0.1, -0.05) is 29.8 Å². The van der Waals surface area contributed by atoms with E-state index < -0.39 is 35.0 Å². The lowest BCUT2D eigenvalue weighted by atomic mass is 9.87. The number of nitrogens with zero attached hydrogens (tertiary/aromatic N) is 2. The number of pyridine rings is 1. The molecule has 0 N–H and O–H groups in total. The summed E-state index contributed by atoms with van der Waals surface area (Å²) in [6, 6.07) is 10.8. The minimum atomic E-state index is -1.64. The van der Waals surface area contributed by atoms with Gasteiger partial charge in [-0.25, -0.2) is 13.2 Å². The van der Waals surface area contributed by atoms with Crippen LogP contribution in [0.4, 0.5) is 13.2 Å². The molecule has 1 aliphatic rings. The third kappa shape index (κ3) is 3.05. The van der Waals surface area contributed by atoms with Crippen LogP contribution in [0, 0.1) is 24.4 Å². The summed E-state index contributed by atoms with van der Waals surface area (Å²) in [5.41, 5.74) is 3.41. The Morgan fingerprint density at radius 3 is 2.68 bits per heavy atom. The van der Waals surface area contributed by atoms with E-state index in [-0.39, 0.29) is 0 Å². The van der Waals surface area contributed by atoms with Gasteiger partial charge in [0.2, 0.25) is 0 Å². The van der Waals surface area contributed by atoms with E-state index in [0.29, 0.717) is 13.0 Å². The van der Waals surface area contributed by atoms with Crippen LogP contribution in [0.1, 0.15) is 38.7 Å². The Labute approximate surface area is 160 Å². The van der Waals surface area contributed by atoms with E-state index in [1.54, 1.807) is 18.5 Å². The van der Waals surface area contributed by atoms with Gasteiger partial charge >= 0.3 is 0 Å². The first kappa shape index (κ1) is 18.2. The van der Waals surface area contributed by atoms with Gasteiger partial charge in [0.05, 0.1) is 11.6 Å². The first-order valence-electron chi connectivity index (χ1n) is 8.91. The molecule has 0 fully saturated rings. The Balaban J connectivity index is 1.83. The zero-order valence-corrected chi connectivity index (χ0v) is 15.1. The molecular weight excluding hydrogens is 365 g/mol. The van der Waals surface area contributed by atoms with Crippen LogP contribution in [0.15, 0.2) is 54.9 Å². The molecule has 1 amide bonds. The van der Waals surface area contributed by atoms with E-state index in [9.17, 15) is 18.0 Å². The molecule has 1 aromatic heterocycles. The van der Waals surface area contributed by atoms with Gasteiger partial charge in [0.25, 0.3) is 5.91 Å². The van der Waals surface area contributed by atoms with Gasteiger partial charge in [-0.2, -0.15) is 0 Å². The van der Waals surface area contributed by atoms with E-state index >= 15 is 0 Å². The number of rotatable bonds is 2. The SMILES string of the molecule is Cc1ccc2c(c1)CCN(C(=O)c1ccc(F)c(F)c1F)C2c1cccnc1. The molecule has 0 aliphatic carbocycles. The summed E-state index contributed by atoms with van der Waals surface area (Å²) in [7, 11) is 0. The smallest absolute Gasteiger partial charge is 0.257 e. The quantitative estimate of drug-likeness (QED) is 0.607. The molecule has 28 heavy (non-hydrogen) atoms. The molecule has 1 unspecified atom stereocenters. The predicted molar refractivity (Wildman–Crippen MR) is 98.3 cm³/mol. The van der Waals surface area contributed by atoms with Gasteiger partial charge in [0, 0.05) is 18.9 Å². The molecule has 0 saturated heterocycles. The predicted octanol–water partition coefficient (Wildman–Crippen LogP) is 4.60. The fourth-order valence-electron chi connectivity index (χ4n) is 3.72. The summed E-state index contributed by atoms with van der Waals surface area (Å²) in [6.07, 6.45) is 3.87. The summed E-state index contributed by atoms with van der Waals surface area (Å²) in [5.74, 6) is -5.12. The molecule has 0 saturated carbocycles. The molecule has 2 aromatic carbocycles. The van der Waals surface area contributed by atoms with E-state index in [0.717, 1.165) is 34.4 Å². The van der Waals surface area contributed by atoms with Crippen molar-refractivity contribution in [3.63, 3.8) is 0 Å². The van der Waals surface area contributed by atoms with Crippen LogP contribution < -0.4 is 0 Å². The van der Waals surface area contributed by atoms with Crippen molar-refractivity contribution < 1.29 is 18.0 Å². The summed E-state index contributed by atoms with van der Waals surface area (Å²) in [5, 5.41) is 0. The van der Waals surface area contributed by atoms with Gasteiger partial charge in [0.1, 0.15) is 0 Å². The standard InChI is InChI=1S/C22H17F3N2O/c1-13-4-5-16-14(11-13)8-10-27(21(16)15-3-2-9-26-12-15)22(28)17-6-7-18(23)20(25)19(17)24/h2-7,9,11-12,21H,8,10H2,1H3. The number of amides is 1. The number of halogens is 3. The molecule has 0 bridgehead atoms. The molecule has 0 radical (unpaired) electrons. The van der Waals surface area contributed by atoms with Gasteiger partial charge in [-0.15, -0.1) is 0 Å². The average Bonchev–Trinajstić information content (AvgIpc) is 2.71. The van der Waals surface area contributed by atoms with Crippen LogP contribution in [-0.4, -0.2) is 22.3 Å². The first-order chi connectivity index (χ1) is 13.5. The van der Waals surface area contributed by atoms with Crippen molar-refractivity contribution in [1.82, 2.24) is 9.88 Å². The highest BCUT2D eigenvalue weighted by Crippen LogP contribution is 2.36. The molecule has 0 spiro atoms. The van der Waals surface area contributed by atoms with Crippen molar-refractivity contribution in [3.8, 4) is 0 Å². The zero-order valence-electron chi connectivity index (χ0n) is 15.1. The van der Waals surface area contributed by atoms with Crippen molar-refractivity contribution in [2.75, 3.05) is 6.54 Å². The van der Waals surface area contributed by atoms with E-state index in [2.05, 4.69) is 11.1 Å². The van der Waals surface area contributed by atoms with Crippen molar-refractivity contribution in [2.24, 2.45) is 0 Å². The number of aryl methyl sites for hydroxylation is 1. The molecule has 3 nitrogen and oxygen atoms in total. The molecule has 1 aliphatic heterocycles. The third-order valence-electron chi connectivity index (χ3n) is 5.05. The normalized spacial score (nSPS) is 16.0. The van der Waals surface area contributed by atoms with E-state index in [1.807, 2.05) is 25.1 Å². The van der Waals surface area contributed by atoms with Gasteiger partial charge < -0.3 is 4.90 Å². The zero-order chi connectivity index (χ0) is 19.8. The molecule has 1 atom stereocenters. The summed E-state index contributed by atoms with van der Waals surface area (Å²) in [4.78, 5) is 18.7. The molecular formula is C22H17F3N2O. The van der Waals surface area contributed by atoms with Gasteiger partial charge in [0.15, 0.2) is 17.5 Å². The number of carbonyl (C=O) groups is 1. The minimum absolute atomic E-state index is 0.327. The largest absolute Gasteiger partial charge is 0.327 e. The topological polar surface area (TPSA) is 33.2 Å². The maximum atomic E-state index is 14.3. The number of hydrogen-bond acceptors (Lipinski definition) is 2. The van der Waals surface area contributed by atoms with Gasteiger partial charge in [-0.3, -0.25) is 9.78 Å². The Morgan fingerprint density at radius 2 is 1.93 bits per heavy atom. The Bertz CT molecular complexity index is 1050. The Kier molecular flexibility index (Phi) is 4.63. The van der Waals surface area contributed by atoms with Crippen molar-refractivity contribution in [3.05, 3.63) is 100 Å². The average molecular weight is 382 g/mol. The van der Waals surface area contributed by atoms with E-state index in [4.69, 9.17) is 0 Å². The highest BCUT2D eigenvalue weighted by atomic mass is 19.2. The Hall–Kier alpha value is -3.15. The lowest BCUT2D eigenvalue weighted by Crippen LogP contribution is -2.41. The molecule has 4 rings (SSSR count). The number of carbonyl (C=O) groups excluding carboxylic acids is 1. The fraction of sp³-hybridized carbons (Fsp3) is 0.182. The van der Waals surface area contributed by atoms with Crippen molar-refractivity contribution in [1.29, 1.82) is 0 Å². The van der Waals surface area contributed by atoms with Crippen LogP contribution in [0.3, 0.4) is 0 Å². The number of benzene rings is 2. The maximum absolute atomic E-state index is 14.3. The highest BCUT2D eigenvalue weighted by molar-refractivity contribution is 5.95.